The highest BCUT2D eigenvalue weighted by atomic mass is 127. The van der Waals surface area contributed by atoms with Crippen molar-refractivity contribution in [1.82, 2.24) is 10.2 Å². The number of methoxy groups -OCH3 is 1. The predicted octanol–water partition coefficient (Wildman–Crippen LogP) is 2.44. The Morgan fingerprint density at radius 2 is 1.86 bits per heavy atom. The summed E-state index contributed by atoms with van der Waals surface area (Å²) >= 11 is 0. The largest absolute Gasteiger partial charge is 0.383 e. The zero-order valence-electron chi connectivity index (χ0n) is 14.7. The van der Waals surface area contributed by atoms with Gasteiger partial charge in [0.2, 0.25) is 0 Å². The van der Waals surface area contributed by atoms with Gasteiger partial charge >= 0.3 is 0 Å². The van der Waals surface area contributed by atoms with Crippen molar-refractivity contribution in [3.8, 4) is 0 Å². The van der Waals surface area contributed by atoms with Crippen LogP contribution in [0.1, 0.15) is 46.5 Å². The van der Waals surface area contributed by atoms with E-state index in [4.69, 9.17) is 10.5 Å². The molecule has 1 aliphatic rings. The van der Waals surface area contributed by atoms with E-state index in [1.165, 1.54) is 38.8 Å². The molecule has 0 amide bonds. The number of nitrogens with one attached hydrogen (secondary N) is 1. The van der Waals surface area contributed by atoms with Gasteiger partial charge in [-0.15, -0.1) is 24.0 Å². The van der Waals surface area contributed by atoms with Crippen LogP contribution in [-0.4, -0.2) is 56.3 Å². The van der Waals surface area contributed by atoms with Crippen LogP contribution in [0.2, 0.25) is 0 Å². The lowest BCUT2D eigenvalue weighted by Crippen LogP contribution is -2.44. The molecular formula is C16H35IN4O. The summed E-state index contributed by atoms with van der Waals surface area (Å²) in [6, 6.07) is 0.720. The summed E-state index contributed by atoms with van der Waals surface area (Å²) in [7, 11) is 1.70. The van der Waals surface area contributed by atoms with Crippen LogP contribution >= 0.6 is 24.0 Å². The molecule has 0 aliphatic carbocycles. The first-order chi connectivity index (χ1) is 10.1. The first-order valence-corrected chi connectivity index (χ1v) is 8.41. The molecule has 0 bridgehead atoms. The lowest BCUT2D eigenvalue weighted by Gasteiger charge is -2.32. The summed E-state index contributed by atoms with van der Waals surface area (Å²) in [5, 5.41) is 3.19. The summed E-state index contributed by atoms with van der Waals surface area (Å²) in [5.74, 6) is 1.24. The number of nitrogens with zero attached hydrogens (tertiary/aromatic N) is 2. The summed E-state index contributed by atoms with van der Waals surface area (Å²) in [5.41, 5.74) is 6.00. The second-order valence-electron chi connectivity index (χ2n) is 6.11. The number of nitrogens with two attached hydrogens (primary N) is 1. The monoisotopic (exact) mass is 426 g/mol. The highest BCUT2D eigenvalue weighted by Crippen LogP contribution is 2.23. The number of aliphatic imine (C=N–C) groups is 1. The molecule has 1 fully saturated rings. The van der Waals surface area contributed by atoms with Crippen LogP contribution < -0.4 is 11.1 Å². The molecule has 22 heavy (non-hydrogen) atoms. The predicted molar refractivity (Wildman–Crippen MR) is 105 cm³/mol. The molecule has 5 nitrogen and oxygen atoms in total. The molecule has 2 atom stereocenters. The second kappa shape index (κ2) is 12.4. The van der Waals surface area contributed by atoms with Gasteiger partial charge in [0, 0.05) is 19.2 Å². The third-order valence-corrected chi connectivity index (χ3v) is 4.46. The fourth-order valence-electron chi connectivity index (χ4n) is 3.25. The molecule has 0 aromatic heterocycles. The molecule has 6 heteroatoms. The number of likely N-dealkylation sites (tertiary alicyclic amines) is 1. The maximum Gasteiger partial charge on any atom is 0.188 e. The molecule has 1 rings (SSSR count). The van der Waals surface area contributed by atoms with Crippen LogP contribution in [-0.2, 0) is 4.74 Å². The Bertz CT molecular complexity index is 303. The number of halogens is 1. The molecule has 0 aromatic rings. The van der Waals surface area contributed by atoms with Gasteiger partial charge in [0.25, 0.3) is 0 Å². The molecule has 3 N–H and O–H groups in total. The number of ether oxygens (including phenoxy) is 1. The maximum atomic E-state index is 6.00. The molecule has 0 aromatic carbocycles. The molecule has 0 radical (unpaired) electrons. The zero-order valence-corrected chi connectivity index (χ0v) is 17.0. The van der Waals surface area contributed by atoms with Gasteiger partial charge in [-0.05, 0) is 38.8 Å². The van der Waals surface area contributed by atoms with Crippen LogP contribution in [0.4, 0.5) is 0 Å². The number of rotatable bonds is 9. The topological polar surface area (TPSA) is 62.9 Å². The Labute approximate surface area is 153 Å². The van der Waals surface area contributed by atoms with Crippen molar-refractivity contribution in [3.05, 3.63) is 0 Å². The average Bonchev–Trinajstić information content (AvgIpc) is 2.97. The van der Waals surface area contributed by atoms with E-state index in [1.54, 1.807) is 7.11 Å². The van der Waals surface area contributed by atoms with E-state index in [2.05, 4.69) is 29.1 Å². The van der Waals surface area contributed by atoms with Gasteiger partial charge in [-0.2, -0.15) is 0 Å². The minimum Gasteiger partial charge on any atom is -0.383 e. The van der Waals surface area contributed by atoms with Crippen molar-refractivity contribution in [2.45, 2.75) is 58.5 Å². The minimum atomic E-state index is 0. The Morgan fingerprint density at radius 3 is 2.36 bits per heavy atom. The molecule has 1 aliphatic heterocycles. The van der Waals surface area contributed by atoms with Gasteiger partial charge in [-0.3, -0.25) is 9.89 Å². The van der Waals surface area contributed by atoms with Crippen LogP contribution in [0.3, 0.4) is 0 Å². The molecular weight excluding hydrogens is 391 g/mol. The first-order valence-electron chi connectivity index (χ1n) is 8.41. The Balaban J connectivity index is 0.00000441. The quantitative estimate of drug-likeness (QED) is 0.338. The smallest absolute Gasteiger partial charge is 0.188 e. The van der Waals surface area contributed by atoms with Crippen LogP contribution in [0.5, 0.6) is 0 Å². The molecule has 1 heterocycles. The highest BCUT2D eigenvalue weighted by Gasteiger charge is 2.27. The van der Waals surface area contributed by atoms with Crippen molar-refractivity contribution in [2.24, 2.45) is 16.6 Å². The van der Waals surface area contributed by atoms with Gasteiger partial charge < -0.3 is 15.8 Å². The van der Waals surface area contributed by atoms with E-state index in [1.807, 2.05) is 6.92 Å². The normalized spacial score (nSPS) is 19.0. The number of guanidine groups is 1. The van der Waals surface area contributed by atoms with E-state index >= 15 is 0 Å². The fraction of sp³-hybridized carbons (Fsp3) is 0.938. The van der Waals surface area contributed by atoms with E-state index in [-0.39, 0.29) is 30.0 Å². The summed E-state index contributed by atoms with van der Waals surface area (Å²) < 4.78 is 5.10. The number of hydrogen-bond acceptors (Lipinski definition) is 3. The summed E-state index contributed by atoms with van der Waals surface area (Å²) in [6.07, 6.45) is 5.05. The molecule has 0 saturated carbocycles. The SMILES string of the molecule is CCC(CC)C(CN=C(N)NC(C)COC)N1CCCC1.I. The van der Waals surface area contributed by atoms with Crippen LogP contribution in [0, 0.1) is 5.92 Å². The average molecular weight is 426 g/mol. The van der Waals surface area contributed by atoms with Crippen molar-refractivity contribution in [3.63, 3.8) is 0 Å². The Hall–Kier alpha value is -0.0800. The second-order valence-corrected chi connectivity index (χ2v) is 6.11. The summed E-state index contributed by atoms with van der Waals surface area (Å²) in [6.45, 7) is 10.5. The van der Waals surface area contributed by atoms with E-state index in [9.17, 15) is 0 Å². The minimum absolute atomic E-state index is 0. The van der Waals surface area contributed by atoms with Crippen molar-refractivity contribution in [1.29, 1.82) is 0 Å². The standard InChI is InChI=1S/C16H34N4O.HI/c1-5-14(6-2)15(20-9-7-8-10-20)11-18-16(17)19-13(3)12-21-4;/h13-15H,5-12H2,1-4H3,(H3,17,18,19);1H. The Morgan fingerprint density at radius 1 is 1.27 bits per heavy atom. The van der Waals surface area contributed by atoms with Gasteiger partial charge in [0.1, 0.15) is 0 Å². The van der Waals surface area contributed by atoms with E-state index in [0.29, 0.717) is 24.5 Å². The first kappa shape index (κ1) is 21.9. The fourth-order valence-corrected chi connectivity index (χ4v) is 3.25. The van der Waals surface area contributed by atoms with E-state index in [0.717, 1.165) is 6.54 Å². The lowest BCUT2D eigenvalue weighted by atomic mass is 9.93. The van der Waals surface area contributed by atoms with E-state index < -0.39 is 0 Å². The summed E-state index contributed by atoms with van der Waals surface area (Å²) in [4.78, 5) is 7.20. The number of hydrogen-bond donors (Lipinski definition) is 2. The van der Waals surface area contributed by atoms with Crippen molar-refractivity contribution in [2.75, 3.05) is 33.4 Å². The molecule has 2 unspecified atom stereocenters. The lowest BCUT2D eigenvalue weighted by molar-refractivity contribution is 0.171. The molecule has 1 saturated heterocycles. The van der Waals surface area contributed by atoms with Crippen molar-refractivity contribution >= 4 is 29.9 Å². The van der Waals surface area contributed by atoms with Gasteiger partial charge in [-0.1, -0.05) is 26.7 Å². The van der Waals surface area contributed by atoms with Gasteiger partial charge in [-0.25, -0.2) is 0 Å². The molecule has 0 spiro atoms. The van der Waals surface area contributed by atoms with Crippen LogP contribution in [0.25, 0.3) is 0 Å². The van der Waals surface area contributed by atoms with Crippen LogP contribution in [0.15, 0.2) is 4.99 Å². The highest BCUT2D eigenvalue weighted by molar-refractivity contribution is 14.0. The van der Waals surface area contributed by atoms with Gasteiger partial charge in [0.05, 0.1) is 13.2 Å². The Kier molecular flexibility index (Phi) is 12.3. The third kappa shape index (κ3) is 7.46. The maximum absolute atomic E-state index is 6.00. The van der Waals surface area contributed by atoms with Gasteiger partial charge in [0.15, 0.2) is 5.96 Å². The third-order valence-electron chi connectivity index (χ3n) is 4.46. The van der Waals surface area contributed by atoms with Crippen molar-refractivity contribution < 1.29 is 4.74 Å². The molecule has 132 valence electrons. The zero-order chi connectivity index (χ0) is 15.7.